The van der Waals surface area contributed by atoms with Gasteiger partial charge >= 0.3 is 0 Å². The normalized spacial score (nSPS) is 10.5. The summed E-state index contributed by atoms with van der Waals surface area (Å²) >= 11 is 6.00. The number of hydrogen-bond acceptors (Lipinski definition) is 3. The highest BCUT2D eigenvalue weighted by atomic mass is 35.5. The van der Waals surface area contributed by atoms with Crippen LogP contribution < -0.4 is 4.74 Å². The summed E-state index contributed by atoms with van der Waals surface area (Å²) in [5.41, 5.74) is 1.94. The van der Waals surface area contributed by atoms with E-state index in [-0.39, 0.29) is 5.82 Å². The van der Waals surface area contributed by atoms with E-state index in [4.69, 9.17) is 16.3 Å². The first-order chi connectivity index (χ1) is 9.11. The van der Waals surface area contributed by atoms with Gasteiger partial charge in [-0.2, -0.15) is 0 Å². The van der Waals surface area contributed by atoms with Gasteiger partial charge in [-0.3, -0.25) is 0 Å². The van der Waals surface area contributed by atoms with Gasteiger partial charge in [0.15, 0.2) is 0 Å². The van der Waals surface area contributed by atoms with Crippen molar-refractivity contribution < 1.29 is 9.13 Å². The number of aryl methyl sites for hydroxylation is 1. The lowest BCUT2D eigenvalue weighted by atomic mass is 10.1. The minimum atomic E-state index is -0.374. The van der Waals surface area contributed by atoms with Crippen LogP contribution in [0.5, 0.6) is 5.88 Å². The van der Waals surface area contributed by atoms with Gasteiger partial charge in [-0.15, -0.1) is 0 Å². The maximum absolute atomic E-state index is 13.0. The van der Waals surface area contributed by atoms with Crippen molar-refractivity contribution in [2.45, 2.75) is 20.3 Å². The van der Waals surface area contributed by atoms with E-state index in [0.29, 0.717) is 34.5 Å². The zero-order valence-electron chi connectivity index (χ0n) is 10.8. The predicted octanol–water partition coefficient (Wildman–Crippen LogP) is 4.03. The van der Waals surface area contributed by atoms with Crippen LogP contribution in [0.15, 0.2) is 24.4 Å². The fourth-order valence-electron chi connectivity index (χ4n) is 1.64. The first kappa shape index (κ1) is 13.7. The molecule has 1 heterocycles. The maximum atomic E-state index is 13.0. The van der Waals surface area contributed by atoms with E-state index in [1.54, 1.807) is 12.3 Å². The smallest absolute Gasteiger partial charge is 0.235 e. The van der Waals surface area contributed by atoms with Crippen molar-refractivity contribution in [1.29, 1.82) is 0 Å². The molecule has 1 aromatic carbocycles. The predicted molar refractivity (Wildman–Crippen MR) is 73.0 cm³/mol. The number of halogens is 2. The van der Waals surface area contributed by atoms with Crippen molar-refractivity contribution >= 4 is 11.6 Å². The molecule has 100 valence electrons. The van der Waals surface area contributed by atoms with E-state index in [9.17, 15) is 4.39 Å². The Bertz CT molecular complexity index is 590. The van der Waals surface area contributed by atoms with Crippen LogP contribution in [0.3, 0.4) is 0 Å². The van der Waals surface area contributed by atoms with E-state index in [1.165, 1.54) is 12.1 Å². The third-order valence-corrected chi connectivity index (χ3v) is 2.86. The third kappa shape index (κ3) is 3.20. The second-order valence-electron chi connectivity index (χ2n) is 4.12. The topological polar surface area (TPSA) is 35.0 Å². The van der Waals surface area contributed by atoms with E-state index in [0.717, 1.165) is 6.42 Å². The van der Waals surface area contributed by atoms with Crippen LogP contribution in [0, 0.1) is 12.7 Å². The Hall–Kier alpha value is -1.68. The van der Waals surface area contributed by atoms with E-state index >= 15 is 0 Å². The Balaban J connectivity index is 2.33. The van der Waals surface area contributed by atoms with Crippen molar-refractivity contribution in [3.8, 4) is 17.1 Å². The Morgan fingerprint density at radius 2 is 2.16 bits per heavy atom. The number of rotatable bonds is 4. The first-order valence-corrected chi connectivity index (χ1v) is 6.41. The Kier molecular flexibility index (Phi) is 4.32. The zero-order chi connectivity index (χ0) is 13.8. The summed E-state index contributed by atoms with van der Waals surface area (Å²) in [6, 6.07) is 4.20. The van der Waals surface area contributed by atoms with Gasteiger partial charge in [0.2, 0.25) is 5.88 Å². The van der Waals surface area contributed by atoms with Gasteiger partial charge in [-0.05, 0) is 31.5 Å². The molecule has 5 heteroatoms. The van der Waals surface area contributed by atoms with Gasteiger partial charge in [-0.1, -0.05) is 18.5 Å². The first-order valence-electron chi connectivity index (χ1n) is 6.03. The van der Waals surface area contributed by atoms with Crippen molar-refractivity contribution in [2.24, 2.45) is 0 Å². The summed E-state index contributed by atoms with van der Waals surface area (Å²) in [5.74, 6) is 0.144. The molecule has 0 unspecified atom stereocenters. The van der Waals surface area contributed by atoms with Crippen LogP contribution in [0.1, 0.15) is 19.0 Å². The molecule has 2 rings (SSSR count). The van der Waals surface area contributed by atoms with E-state index in [1.807, 2.05) is 13.8 Å². The minimum Gasteiger partial charge on any atom is -0.476 e. The Labute approximate surface area is 116 Å². The van der Waals surface area contributed by atoms with Gasteiger partial charge in [-0.25, -0.2) is 14.4 Å². The third-order valence-electron chi connectivity index (χ3n) is 2.55. The van der Waals surface area contributed by atoms with Crippen LogP contribution >= 0.6 is 11.6 Å². The molecule has 2 aromatic rings. The standard InChI is InChI=1S/C14H14ClFN2O/c1-3-6-19-14-9(2)18-13(8-17-14)11-5-4-10(16)7-12(11)15/h4-5,7-8H,3,6H2,1-2H3. The minimum absolute atomic E-state index is 0.316. The molecule has 0 aliphatic carbocycles. The summed E-state index contributed by atoms with van der Waals surface area (Å²) in [6.07, 6.45) is 2.49. The lowest BCUT2D eigenvalue weighted by molar-refractivity contribution is 0.301. The summed E-state index contributed by atoms with van der Waals surface area (Å²) in [4.78, 5) is 8.61. The molecule has 0 fully saturated rings. The molecule has 0 aliphatic rings. The molecule has 0 saturated carbocycles. The van der Waals surface area contributed by atoms with Crippen LogP contribution in [0.2, 0.25) is 5.02 Å². The highest BCUT2D eigenvalue weighted by molar-refractivity contribution is 6.33. The maximum Gasteiger partial charge on any atom is 0.235 e. The number of aromatic nitrogens is 2. The van der Waals surface area contributed by atoms with Gasteiger partial charge in [0, 0.05) is 5.56 Å². The summed E-state index contributed by atoms with van der Waals surface area (Å²) in [6.45, 7) is 4.44. The Morgan fingerprint density at radius 1 is 1.37 bits per heavy atom. The molecule has 0 spiro atoms. The highest BCUT2D eigenvalue weighted by Crippen LogP contribution is 2.28. The van der Waals surface area contributed by atoms with Gasteiger partial charge < -0.3 is 4.74 Å². The number of benzene rings is 1. The number of nitrogens with zero attached hydrogens (tertiary/aromatic N) is 2. The largest absolute Gasteiger partial charge is 0.476 e. The molecule has 1 aromatic heterocycles. The number of hydrogen-bond donors (Lipinski definition) is 0. The van der Waals surface area contributed by atoms with Crippen LogP contribution in [0.25, 0.3) is 11.3 Å². The second kappa shape index (κ2) is 5.97. The van der Waals surface area contributed by atoms with E-state index < -0.39 is 0 Å². The molecular formula is C14H14ClFN2O. The van der Waals surface area contributed by atoms with Crippen LogP contribution in [-0.2, 0) is 0 Å². The molecule has 0 amide bonds. The van der Waals surface area contributed by atoms with Crippen molar-refractivity contribution in [3.63, 3.8) is 0 Å². The lowest BCUT2D eigenvalue weighted by Gasteiger charge is -2.09. The van der Waals surface area contributed by atoms with Gasteiger partial charge in [0.1, 0.15) is 11.5 Å². The SMILES string of the molecule is CCCOc1ncc(-c2ccc(F)cc2Cl)nc1C. The molecule has 0 N–H and O–H groups in total. The average molecular weight is 281 g/mol. The fourth-order valence-corrected chi connectivity index (χ4v) is 1.90. The molecule has 3 nitrogen and oxygen atoms in total. The van der Waals surface area contributed by atoms with Crippen molar-refractivity contribution in [3.05, 3.63) is 40.9 Å². The van der Waals surface area contributed by atoms with Crippen molar-refractivity contribution in [2.75, 3.05) is 6.61 Å². The van der Waals surface area contributed by atoms with Crippen LogP contribution in [-0.4, -0.2) is 16.6 Å². The monoisotopic (exact) mass is 280 g/mol. The van der Waals surface area contributed by atoms with Crippen LogP contribution in [0.4, 0.5) is 4.39 Å². The molecule has 0 radical (unpaired) electrons. The van der Waals surface area contributed by atoms with Gasteiger partial charge in [0.05, 0.1) is 23.5 Å². The van der Waals surface area contributed by atoms with Crippen molar-refractivity contribution in [1.82, 2.24) is 9.97 Å². The summed E-state index contributed by atoms with van der Waals surface area (Å²) in [7, 11) is 0. The molecular weight excluding hydrogens is 267 g/mol. The molecule has 19 heavy (non-hydrogen) atoms. The number of ether oxygens (including phenoxy) is 1. The summed E-state index contributed by atoms with van der Waals surface area (Å²) < 4.78 is 18.5. The molecule has 0 atom stereocenters. The summed E-state index contributed by atoms with van der Waals surface area (Å²) in [5, 5.41) is 0.316. The molecule has 0 bridgehead atoms. The quantitative estimate of drug-likeness (QED) is 0.848. The zero-order valence-corrected chi connectivity index (χ0v) is 11.5. The molecule has 0 aliphatic heterocycles. The average Bonchev–Trinajstić information content (AvgIpc) is 2.37. The second-order valence-corrected chi connectivity index (χ2v) is 4.53. The fraction of sp³-hybridized carbons (Fsp3) is 0.286. The molecule has 0 saturated heterocycles. The van der Waals surface area contributed by atoms with Gasteiger partial charge in [0.25, 0.3) is 0 Å². The van der Waals surface area contributed by atoms with E-state index in [2.05, 4.69) is 9.97 Å². The Morgan fingerprint density at radius 3 is 2.79 bits per heavy atom. The lowest BCUT2D eigenvalue weighted by Crippen LogP contribution is -2.01. The highest BCUT2D eigenvalue weighted by Gasteiger charge is 2.10.